The van der Waals surface area contributed by atoms with E-state index in [0.29, 0.717) is 19.3 Å². The number of carboxylic acids is 1. The second-order valence-electron chi connectivity index (χ2n) is 15.2. The fourth-order valence-corrected chi connectivity index (χ4v) is 5.91. The lowest BCUT2D eigenvalue weighted by Gasteiger charge is -2.31. The lowest BCUT2D eigenvalue weighted by Crippen LogP contribution is -2.50. The molecular formula is C45H80NO7+. The third-order valence-corrected chi connectivity index (χ3v) is 9.21. The second-order valence-corrected chi connectivity index (χ2v) is 15.2. The number of allylic oxidation sites excluding steroid dienone is 8. The Labute approximate surface area is 325 Å². The van der Waals surface area contributed by atoms with Gasteiger partial charge in [0.25, 0.3) is 0 Å². The number of nitrogens with zero attached hydrogens (tertiary/aromatic N) is 1. The Morgan fingerprint density at radius 2 is 1.06 bits per heavy atom. The Morgan fingerprint density at radius 1 is 0.585 bits per heavy atom. The number of aliphatic carboxylic acids is 1. The van der Waals surface area contributed by atoms with E-state index in [0.717, 1.165) is 83.5 Å². The van der Waals surface area contributed by atoms with Crippen LogP contribution in [0.5, 0.6) is 0 Å². The van der Waals surface area contributed by atoms with Gasteiger partial charge in [-0.2, -0.15) is 0 Å². The molecule has 2 atom stereocenters. The second kappa shape index (κ2) is 36.3. The van der Waals surface area contributed by atoms with Gasteiger partial charge in [-0.05, 0) is 64.2 Å². The molecule has 8 nitrogen and oxygen atoms in total. The van der Waals surface area contributed by atoms with Crippen LogP contribution in [0, 0.1) is 0 Å². The molecule has 0 aromatic heterocycles. The topological polar surface area (TPSA) is 99.1 Å². The lowest BCUT2D eigenvalue weighted by atomic mass is 10.1. The predicted octanol–water partition coefficient (Wildman–Crippen LogP) is 11.2. The molecule has 0 rings (SSSR count). The molecule has 306 valence electrons. The van der Waals surface area contributed by atoms with Gasteiger partial charge in [-0.25, -0.2) is 4.79 Å². The van der Waals surface area contributed by atoms with Crippen LogP contribution in [0.25, 0.3) is 0 Å². The Kier molecular flexibility index (Phi) is 34.4. The minimum absolute atomic E-state index is 0.0542. The minimum atomic E-state index is -0.879. The first-order valence-corrected chi connectivity index (χ1v) is 21.2. The lowest BCUT2D eigenvalue weighted by molar-refractivity contribution is -0.887. The smallest absolute Gasteiger partial charge is 0.362 e. The Morgan fingerprint density at radius 3 is 1.58 bits per heavy atom. The molecule has 1 N–H and O–H groups in total. The molecule has 0 amide bonds. The van der Waals surface area contributed by atoms with E-state index in [4.69, 9.17) is 14.2 Å². The highest BCUT2D eigenvalue weighted by atomic mass is 16.6. The number of likely N-dealkylation sites (N-methyl/N-ethyl adjacent to an activating group) is 1. The van der Waals surface area contributed by atoms with Gasteiger partial charge >= 0.3 is 17.9 Å². The van der Waals surface area contributed by atoms with Crippen molar-refractivity contribution < 1.29 is 38.2 Å². The molecule has 0 fully saturated rings. The number of ether oxygens (including phenoxy) is 3. The standard InChI is InChI=1S/C45H79NO7/c1-6-8-10-12-14-16-18-19-20-21-22-23-24-25-26-28-29-31-33-35-43(47)52-40-41(39-51-38-37-42(45(49)50)46(3,4)5)53-44(48)36-34-32-30-27-17-15-13-11-9-7-2/h8,10,13-16,19-20,41-42H,6-7,9,11-12,17-18,21-40H2,1-5H3/p+1/b10-8+,15-13+,16-14+,20-19+. The van der Waals surface area contributed by atoms with Crippen molar-refractivity contribution in [1.29, 1.82) is 0 Å². The van der Waals surface area contributed by atoms with Gasteiger partial charge in [-0.3, -0.25) is 9.59 Å². The van der Waals surface area contributed by atoms with E-state index in [1.54, 1.807) is 0 Å². The molecule has 0 aliphatic rings. The molecule has 0 aromatic rings. The van der Waals surface area contributed by atoms with Crippen LogP contribution in [-0.2, 0) is 28.6 Å². The predicted molar refractivity (Wildman–Crippen MR) is 220 cm³/mol. The average molecular weight is 747 g/mol. The summed E-state index contributed by atoms with van der Waals surface area (Å²) in [5.74, 6) is -1.49. The van der Waals surface area contributed by atoms with Crippen molar-refractivity contribution in [3.8, 4) is 0 Å². The number of carbonyl (C=O) groups excluding carboxylic acids is 2. The van der Waals surface area contributed by atoms with Gasteiger partial charge in [0, 0.05) is 19.3 Å². The fourth-order valence-electron chi connectivity index (χ4n) is 5.91. The zero-order chi connectivity index (χ0) is 39.3. The molecule has 0 bridgehead atoms. The van der Waals surface area contributed by atoms with Gasteiger partial charge in [0.2, 0.25) is 0 Å². The van der Waals surface area contributed by atoms with Crippen LogP contribution in [0.3, 0.4) is 0 Å². The maximum Gasteiger partial charge on any atom is 0.362 e. The summed E-state index contributed by atoms with van der Waals surface area (Å²) in [6.07, 6.45) is 41.6. The maximum absolute atomic E-state index is 12.6. The fraction of sp³-hybridized carbons (Fsp3) is 0.756. The van der Waals surface area contributed by atoms with E-state index in [-0.39, 0.29) is 36.2 Å². The molecule has 8 heteroatoms. The first kappa shape index (κ1) is 50.3. The van der Waals surface area contributed by atoms with Crippen molar-refractivity contribution in [2.45, 2.75) is 180 Å². The number of unbranched alkanes of at least 4 members (excludes halogenated alkanes) is 15. The van der Waals surface area contributed by atoms with Gasteiger partial charge in [0.15, 0.2) is 12.1 Å². The summed E-state index contributed by atoms with van der Waals surface area (Å²) in [5, 5.41) is 9.59. The Balaban J connectivity index is 4.30. The summed E-state index contributed by atoms with van der Waals surface area (Å²) in [6, 6.07) is -0.616. The molecule has 0 aliphatic carbocycles. The van der Waals surface area contributed by atoms with Gasteiger partial charge < -0.3 is 23.8 Å². The Bertz CT molecular complexity index is 1010. The number of rotatable bonds is 37. The number of hydrogen-bond donors (Lipinski definition) is 1. The van der Waals surface area contributed by atoms with Crippen LogP contribution in [0.4, 0.5) is 0 Å². The van der Waals surface area contributed by atoms with Crippen molar-refractivity contribution >= 4 is 17.9 Å². The van der Waals surface area contributed by atoms with E-state index in [2.05, 4.69) is 62.5 Å². The first-order chi connectivity index (χ1) is 25.6. The van der Waals surface area contributed by atoms with Crippen LogP contribution in [-0.4, -0.2) is 80.6 Å². The van der Waals surface area contributed by atoms with Crippen LogP contribution in [0.1, 0.15) is 168 Å². The third kappa shape index (κ3) is 34.8. The number of quaternary nitrogens is 1. The molecule has 53 heavy (non-hydrogen) atoms. The zero-order valence-electron chi connectivity index (χ0n) is 34.7. The molecule has 0 radical (unpaired) electrons. The summed E-state index contributed by atoms with van der Waals surface area (Å²) in [5.41, 5.74) is 0. The number of carboxylic acid groups (broad SMARTS) is 1. The largest absolute Gasteiger partial charge is 0.477 e. The molecule has 2 unspecified atom stereocenters. The van der Waals surface area contributed by atoms with Crippen molar-refractivity contribution in [2.75, 3.05) is 41.0 Å². The minimum Gasteiger partial charge on any atom is -0.477 e. The van der Waals surface area contributed by atoms with Gasteiger partial charge in [0.1, 0.15) is 6.61 Å². The Hall–Kier alpha value is -2.71. The van der Waals surface area contributed by atoms with Crippen molar-refractivity contribution in [3.05, 3.63) is 48.6 Å². The molecule has 0 aliphatic heterocycles. The first-order valence-electron chi connectivity index (χ1n) is 21.2. The van der Waals surface area contributed by atoms with Crippen molar-refractivity contribution in [3.63, 3.8) is 0 Å². The molecule has 0 saturated heterocycles. The highest BCUT2D eigenvalue weighted by molar-refractivity contribution is 5.72. The molecule has 0 aromatic carbocycles. The van der Waals surface area contributed by atoms with E-state index >= 15 is 0 Å². The van der Waals surface area contributed by atoms with E-state index in [1.165, 1.54) is 51.4 Å². The van der Waals surface area contributed by atoms with Crippen LogP contribution < -0.4 is 0 Å². The monoisotopic (exact) mass is 747 g/mol. The number of carbonyl (C=O) groups is 3. The summed E-state index contributed by atoms with van der Waals surface area (Å²) < 4.78 is 17.2. The number of esters is 2. The molecule has 0 saturated carbocycles. The van der Waals surface area contributed by atoms with Gasteiger partial charge in [0.05, 0.1) is 34.4 Å². The highest BCUT2D eigenvalue weighted by Crippen LogP contribution is 2.14. The van der Waals surface area contributed by atoms with E-state index < -0.39 is 18.1 Å². The van der Waals surface area contributed by atoms with Gasteiger partial charge in [-0.15, -0.1) is 0 Å². The SMILES string of the molecule is CC/C=C/C/C=C/C/C=C/CCCCCCCCCCCC(=O)OCC(COCCC(C(=O)O)[N+](C)(C)C)OC(=O)CCCCCC/C=C/CCCC. The zero-order valence-corrected chi connectivity index (χ0v) is 34.7. The van der Waals surface area contributed by atoms with Crippen molar-refractivity contribution in [1.82, 2.24) is 0 Å². The summed E-state index contributed by atoms with van der Waals surface area (Å²) >= 11 is 0. The van der Waals surface area contributed by atoms with Crippen LogP contribution in [0.2, 0.25) is 0 Å². The average Bonchev–Trinajstić information content (AvgIpc) is 3.11. The molecule has 0 spiro atoms. The normalized spacial score (nSPS) is 13.5. The number of hydrogen-bond acceptors (Lipinski definition) is 6. The quantitative estimate of drug-likeness (QED) is 0.0292. The highest BCUT2D eigenvalue weighted by Gasteiger charge is 2.31. The van der Waals surface area contributed by atoms with Crippen molar-refractivity contribution in [2.24, 2.45) is 0 Å². The van der Waals surface area contributed by atoms with Gasteiger partial charge in [-0.1, -0.05) is 133 Å². The van der Waals surface area contributed by atoms with Crippen LogP contribution >= 0.6 is 0 Å². The third-order valence-electron chi connectivity index (χ3n) is 9.21. The summed E-state index contributed by atoms with van der Waals surface area (Å²) in [6.45, 7) is 4.55. The summed E-state index contributed by atoms with van der Waals surface area (Å²) in [7, 11) is 5.51. The molecule has 0 heterocycles. The van der Waals surface area contributed by atoms with Crippen LogP contribution in [0.15, 0.2) is 48.6 Å². The van der Waals surface area contributed by atoms with E-state index in [1.807, 2.05) is 21.1 Å². The molecular weight excluding hydrogens is 666 g/mol. The van der Waals surface area contributed by atoms with E-state index in [9.17, 15) is 19.5 Å². The maximum atomic E-state index is 12.6. The summed E-state index contributed by atoms with van der Waals surface area (Å²) in [4.78, 5) is 36.8.